The van der Waals surface area contributed by atoms with Gasteiger partial charge < -0.3 is 15.0 Å². The van der Waals surface area contributed by atoms with Gasteiger partial charge in [0.05, 0.1) is 0 Å². The third kappa shape index (κ3) is 3.66. The largest absolute Gasteiger partial charge is 0.444 e. The molecule has 0 radical (unpaired) electrons. The van der Waals surface area contributed by atoms with Crippen molar-refractivity contribution in [2.75, 3.05) is 0 Å². The molecule has 0 bridgehead atoms. The maximum absolute atomic E-state index is 12.4. The van der Waals surface area contributed by atoms with Crippen LogP contribution in [-0.2, 0) is 9.53 Å². The van der Waals surface area contributed by atoms with Gasteiger partial charge >= 0.3 is 5.97 Å². The molecule has 118 valence electrons. The monoisotopic (exact) mass is 312 g/mol. The average molecular weight is 312 g/mol. The second kappa shape index (κ2) is 6.48. The van der Waals surface area contributed by atoms with Gasteiger partial charge in [-0.05, 0) is 25.0 Å². The summed E-state index contributed by atoms with van der Waals surface area (Å²) in [4.78, 5) is 38.7. The van der Waals surface area contributed by atoms with E-state index < -0.39 is 17.6 Å². The Kier molecular flexibility index (Phi) is 4.23. The molecule has 0 spiro atoms. The van der Waals surface area contributed by atoms with Crippen LogP contribution in [-0.4, -0.2) is 22.9 Å². The molecule has 1 aliphatic rings. The van der Waals surface area contributed by atoms with Crippen LogP contribution in [0.5, 0.6) is 0 Å². The molecule has 0 saturated heterocycles. The fraction of sp³-hybridized carbons (Fsp3) is 0.235. The summed E-state index contributed by atoms with van der Waals surface area (Å²) in [6.07, 6.45) is 2.20. The smallest absolute Gasteiger partial charge is 0.344 e. The molecular formula is C17H16N2O4. The van der Waals surface area contributed by atoms with Crippen LogP contribution in [0.15, 0.2) is 53.5 Å². The van der Waals surface area contributed by atoms with E-state index in [-0.39, 0.29) is 17.5 Å². The minimum Gasteiger partial charge on any atom is -0.444 e. The molecule has 6 heteroatoms. The van der Waals surface area contributed by atoms with Gasteiger partial charge in [-0.3, -0.25) is 9.59 Å². The molecule has 1 aliphatic carbocycles. The fourth-order valence-electron chi connectivity index (χ4n) is 2.16. The lowest BCUT2D eigenvalue weighted by atomic mass is 10.1. The van der Waals surface area contributed by atoms with Crippen molar-refractivity contribution in [3.63, 3.8) is 0 Å². The summed E-state index contributed by atoms with van der Waals surface area (Å²) in [6, 6.07) is 11.8. The SMILES string of the molecule is O=C(O[C@H](C(=O)NC1CC1)c1ccccc1)c1ccc[nH]c1=O. The highest BCUT2D eigenvalue weighted by Crippen LogP contribution is 2.23. The molecule has 2 aromatic rings. The number of esters is 1. The van der Waals surface area contributed by atoms with E-state index in [1.807, 2.05) is 6.07 Å². The van der Waals surface area contributed by atoms with Crippen LogP contribution in [0.4, 0.5) is 0 Å². The van der Waals surface area contributed by atoms with Crippen molar-refractivity contribution in [2.45, 2.75) is 25.0 Å². The molecule has 1 amide bonds. The van der Waals surface area contributed by atoms with Gasteiger partial charge in [0, 0.05) is 17.8 Å². The number of carbonyl (C=O) groups is 2. The molecule has 2 N–H and O–H groups in total. The molecule has 1 aromatic carbocycles. The lowest BCUT2D eigenvalue weighted by Crippen LogP contribution is -2.34. The minimum atomic E-state index is -1.08. The molecule has 0 unspecified atom stereocenters. The van der Waals surface area contributed by atoms with Gasteiger partial charge in [-0.25, -0.2) is 4.79 Å². The van der Waals surface area contributed by atoms with E-state index in [4.69, 9.17) is 4.74 Å². The zero-order chi connectivity index (χ0) is 16.2. The van der Waals surface area contributed by atoms with Gasteiger partial charge in [0.25, 0.3) is 11.5 Å². The van der Waals surface area contributed by atoms with Crippen molar-refractivity contribution in [3.05, 3.63) is 70.1 Å². The Balaban J connectivity index is 1.83. The average Bonchev–Trinajstić information content (AvgIpc) is 3.37. The van der Waals surface area contributed by atoms with Gasteiger partial charge in [0.15, 0.2) is 0 Å². The number of pyridine rings is 1. The number of aromatic amines is 1. The van der Waals surface area contributed by atoms with E-state index in [2.05, 4.69) is 10.3 Å². The number of H-pyrrole nitrogens is 1. The van der Waals surface area contributed by atoms with Gasteiger partial charge in [-0.1, -0.05) is 30.3 Å². The zero-order valence-electron chi connectivity index (χ0n) is 12.3. The van der Waals surface area contributed by atoms with Crippen LogP contribution >= 0.6 is 0 Å². The van der Waals surface area contributed by atoms with Crippen LogP contribution in [0, 0.1) is 0 Å². The molecular weight excluding hydrogens is 296 g/mol. The Morgan fingerprint density at radius 3 is 2.52 bits per heavy atom. The van der Waals surface area contributed by atoms with E-state index in [1.54, 1.807) is 24.3 Å². The van der Waals surface area contributed by atoms with Crippen LogP contribution in [0.3, 0.4) is 0 Å². The molecule has 1 aromatic heterocycles. The first-order chi connectivity index (χ1) is 11.1. The lowest BCUT2D eigenvalue weighted by molar-refractivity contribution is -0.130. The minimum absolute atomic E-state index is 0.132. The van der Waals surface area contributed by atoms with Crippen LogP contribution < -0.4 is 10.9 Å². The Morgan fingerprint density at radius 2 is 1.87 bits per heavy atom. The van der Waals surface area contributed by atoms with Crippen molar-refractivity contribution in [1.82, 2.24) is 10.3 Å². The maximum atomic E-state index is 12.4. The Hall–Kier alpha value is -2.89. The van der Waals surface area contributed by atoms with Gasteiger partial charge in [-0.2, -0.15) is 0 Å². The lowest BCUT2D eigenvalue weighted by Gasteiger charge is -2.17. The van der Waals surface area contributed by atoms with Crippen LogP contribution in [0.1, 0.15) is 34.9 Å². The quantitative estimate of drug-likeness (QED) is 0.820. The summed E-state index contributed by atoms with van der Waals surface area (Å²) in [5, 5.41) is 2.82. The van der Waals surface area contributed by atoms with Crippen molar-refractivity contribution in [3.8, 4) is 0 Å². The summed E-state index contributed by atoms with van der Waals surface area (Å²) in [7, 11) is 0. The molecule has 3 rings (SSSR count). The second-order valence-corrected chi connectivity index (χ2v) is 5.39. The van der Waals surface area contributed by atoms with E-state index in [1.165, 1.54) is 18.3 Å². The van der Waals surface area contributed by atoms with Gasteiger partial charge in [0.1, 0.15) is 5.56 Å². The molecule has 6 nitrogen and oxygen atoms in total. The Morgan fingerprint density at radius 1 is 1.13 bits per heavy atom. The third-order valence-corrected chi connectivity index (χ3v) is 3.53. The number of hydrogen-bond acceptors (Lipinski definition) is 4. The first-order valence-corrected chi connectivity index (χ1v) is 7.39. The van der Waals surface area contributed by atoms with Crippen molar-refractivity contribution in [2.24, 2.45) is 0 Å². The van der Waals surface area contributed by atoms with E-state index in [0.29, 0.717) is 5.56 Å². The number of rotatable bonds is 5. The van der Waals surface area contributed by atoms with Crippen molar-refractivity contribution < 1.29 is 14.3 Å². The molecule has 1 atom stereocenters. The predicted molar refractivity (Wildman–Crippen MR) is 82.8 cm³/mol. The highest BCUT2D eigenvalue weighted by Gasteiger charge is 2.31. The van der Waals surface area contributed by atoms with Crippen LogP contribution in [0.2, 0.25) is 0 Å². The summed E-state index contributed by atoms with van der Waals surface area (Å²) in [5.41, 5.74) is -0.120. The number of nitrogens with one attached hydrogen (secondary N) is 2. The summed E-state index contributed by atoms with van der Waals surface area (Å²) in [5.74, 6) is -1.20. The second-order valence-electron chi connectivity index (χ2n) is 5.39. The first kappa shape index (κ1) is 15.0. The summed E-state index contributed by atoms with van der Waals surface area (Å²) >= 11 is 0. The molecule has 0 aliphatic heterocycles. The zero-order valence-corrected chi connectivity index (χ0v) is 12.3. The van der Waals surface area contributed by atoms with Crippen molar-refractivity contribution in [1.29, 1.82) is 0 Å². The maximum Gasteiger partial charge on any atom is 0.344 e. The Bertz CT molecular complexity index is 765. The highest BCUT2D eigenvalue weighted by molar-refractivity contribution is 5.92. The van der Waals surface area contributed by atoms with E-state index in [0.717, 1.165) is 12.8 Å². The van der Waals surface area contributed by atoms with Gasteiger partial charge in [-0.15, -0.1) is 0 Å². The number of carbonyl (C=O) groups excluding carboxylic acids is 2. The normalized spacial score (nSPS) is 14.8. The summed E-state index contributed by atoms with van der Waals surface area (Å²) < 4.78 is 5.32. The number of ether oxygens (including phenoxy) is 1. The molecule has 1 fully saturated rings. The third-order valence-electron chi connectivity index (χ3n) is 3.53. The number of hydrogen-bond donors (Lipinski definition) is 2. The summed E-state index contributed by atoms with van der Waals surface area (Å²) in [6.45, 7) is 0. The van der Waals surface area contributed by atoms with E-state index in [9.17, 15) is 14.4 Å². The fourth-order valence-corrected chi connectivity index (χ4v) is 2.16. The molecule has 1 saturated carbocycles. The molecule has 1 heterocycles. The highest BCUT2D eigenvalue weighted by atomic mass is 16.5. The number of aromatic nitrogens is 1. The number of benzene rings is 1. The standard InChI is InChI=1S/C17H16N2O4/c20-15-13(7-4-10-18-15)17(22)23-14(11-5-2-1-3-6-11)16(21)19-12-8-9-12/h1-7,10,12,14H,8-9H2,(H,18,20)(H,19,21)/t14-/m0/s1. The number of amides is 1. The van der Waals surface area contributed by atoms with Crippen molar-refractivity contribution >= 4 is 11.9 Å². The van der Waals surface area contributed by atoms with Gasteiger partial charge in [0.2, 0.25) is 6.10 Å². The predicted octanol–water partition coefficient (Wildman–Crippen LogP) is 1.55. The first-order valence-electron chi connectivity index (χ1n) is 7.39. The molecule has 23 heavy (non-hydrogen) atoms. The Labute approximate surface area is 132 Å². The topological polar surface area (TPSA) is 88.3 Å². The van der Waals surface area contributed by atoms with Crippen LogP contribution in [0.25, 0.3) is 0 Å². The van der Waals surface area contributed by atoms with E-state index >= 15 is 0 Å².